The molecular weight excluding hydrogens is 447 g/mol. The second-order valence-corrected chi connectivity index (χ2v) is 5.47. The standard InChI is InChI=1S/C18H26N4O3.HI/c1-13-14(2)25-17(22-13)11-21-18(19-3)20-9-10-24-12-15-7-5-6-8-16(15)23-4;/h5-8H,9-12H2,1-4H3,(H2,19,20,21);1H. The summed E-state index contributed by atoms with van der Waals surface area (Å²) in [6, 6.07) is 7.83. The molecule has 26 heavy (non-hydrogen) atoms. The summed E-state index contributed by atoms with van der Waals surface area (Å²) in [7, 11) is 3.38. The Morgan fingerprint density at radius 2 is 2.00 bits per heavy atom. The Hall–Kier alpha value is -1.81. The molecule has 1 heterocycles. The quantitative estimate of drug-likeness (QED) is 0.265. The number of aromatic nitrogens is 1. The third kappa shape index (κ3) is 6.83. The van der Waals surface area contributed by atoms with E-state index in [0.29, 0.717) is 38.2 Å². The number of methoxy groups -OCH3 is 1. The largest absolute Gasteiger partial charge is 0.496 e. The summed E-state index contributed by atoms with van der Waals surface area (Å²) in [4.78, 5) is 8.49. The molecule has 144 valence electrons. The minimum atomic E-state index is 0. The van der Waals surface area contributed by atoms with Crippen molar-refractivity contribution in [2.75, 3.05) is 27.3 Å². The number of nitrogens with one attached hydrogen (secondary N) is 2. The average Bonchev–Trinajstić information content (AvgIpc) is 2.95. The van der Waals surface area contributed by atoms with E-state index in [4.69, 9.17) is 13.9 Å². The Balaban J connectivity index is 0.00000338. The van der Waals surface area contributed by atoms with E-state index in [-0.39, 0.29) is 24.0 Å². The first-order valence-corrected chi connectivity index (χ1v) is 8.21. The molecular formula is C18H27IN4O3. The molecule has 0 aliphatic rings. The summed E-state index contributed by atoms with van der Waals surface area (Å²) < 4.78 is 16.5. The summed E-state index contributed by atoms with van der Waals surface area (Å²) in [6.45, 7) is 6.00. The number of benzene rings is 1. The Bertz CT molecular complexity index is 684. The average molecular weight is 474 g/mol. The molecule has 8 heteroatoms. The van der Waals surface area contributed by atoms with Crippen molar-refractivity contribution in [3.8, 4) is 5.75 Å². The minimum absolute atomic E-state index is 0. The lowest BCUT2D eigenvalue weighted by molar-refractivity contribution is 0.123. The number of ether oxygens (including phenoxy) is 2. The number of aryl methyl sites for hydroxylation is 2. The second kappa shape index (κ2) is 11.7. The highest BCUT2D eigenvalue weighted by Gasteiger charge is 2.06. The van der Waals surface area contributed by atoms with E-state index in [1.54, 1.807) is 14.2 Å². The molecule has 1 aromatic carbocycles. The van der Waals surface area contributed by atoms with Gasteiger partial charge in [0.15, 0.2) is 5.96 Å². The number of hydrogen-bond acceptors (Lipinski definition) is 5. The molecule has 0 spiro atoms. The van der Waals surface area contributed by atoms with E-state index < -0.39 is 0 Å². The van der Waals surface area contributed by atoms with Crippen LogP contribution in [0, 0.1) is 13.8 Å². The molecule has 0 unspecified atom stereocenters. The van der Waals surface area contributed by atoms with Crippen LogP contribution in [0.2, 0.25) is 0 Å². The fourth-order valence-electron chi connectivity index (χ4n) is 2.24. The van der Waals surface area contributed by atoms with Gasteiger partial charge in [0, 0.05) is 19.2 Å². The number of para-hydroxylation sites is 1. The molecule has 0 atom stereocenters. The molecule has 7 nitrogen and oxygen atoms in total. The first-order valence-electron chi connectivity index (χ1n) is 8.21. The van der Waals surface area contributed by atoms with Crippen LogP contribution in [0.4, 0.5) is 0 Å². The first-order chi connectivity index (χ1) is 12.1. The van der Waals surface area contributed by atoms with Crippen LogP contribution in [0.3, 0.4) is 0 Å². The van der Waals surface area contributed by atoms with Gasteiger partial charge in [0.2, 0.25) is 5.89 Å². The molecule has 0 saturated carbocycles. The van der Waals surface area contributed by atoms with Crippen LogP contribution in [-0.2, 0) is 17.9 Å². The normalized spacial score (nSPS) is 11.0. The third-order valence-corrected chi connectivity index (χ3v) is 3.69. The van der Waals surface area contributed by atoms with E-state index in [1.165, 1.54) is 0 Å². The molecule has 2 rings (SSSR count). The fourth-order valence-corrected chi connectivity index (χ4v) is 2.24. The zero-order valence-corrected chi connectivity index (χ0v) is 18.0. The molecule has 0 saturated heterocycles. The first kappa shape index (κ1) is 22.2. The van der Waals surface area contributed by atoms with Gasteiger partial charge in [-0.05, 0) is 19.9 Å². The molecule has 1 aromatic heterocycles. The van der Waals surface area contributed by atoms with Crippen LogP contribution in [0.15, 0.2) is 33.7 Å². The highest BCUT2D eigenvalue weighted by molar-refractivity contribution is 14.0. The van der Waals surface area contributed by atoms with Crippen molar-refractivity contribution in [1.29, 1.82) is 0 Å². The van der Waals surface area contributed by atoms with E-state index in [0.717, 1.165) is 22.8 Å². The predicted molar refractivity (Wildman–Crippen MR) is 112 cm³/mol. The maximum absolute atomic E-state index is 5.68. The van der Waals surface area contributed by atoms with Crippen LogP contribution >= 0.6 is 24.0 Å². The van der Waals surface area contributed by atoms with Gasteiger partial charge in [0.1, 0.15) is 11.5 Å². The van der Waals surface area contributed by atoms with E-state index >= 15 is 0 Å². The Morgan fingerprint density at radius 3 is 2.65 bits per heavy atom. The second-order valence-electron chi connectivity index (χ2n) is 5.47. The highest BCUT2D eigenvalue weighted by atomic mass is 127. The molecule has 2 aromatic rings. The summed E-state index contributed by atoms with van der Waals surface area (Å²) in [5.41, 5.74) is 1.94. The van der Waals surface area contributed by atoms with Gasteiger partial charge in [0.05, 0.1) is 32.6 Å². The number of oxazole rings is 1. The van der Waals surface area contributed by atoms with Crippen LogP contribution in [0.1, 0.15) is 22.9 Å². The van der Waals surface area contributed by atoms with Gasteiger partial charge >= 0.3 is 0 Å². The van der Waals surface area contributed by atoms with Crippen molar-refractivity contribution >= 4 is 29.9 Å². The number of aliphatic imine (C=N–C) groups is 1. The summed E-state index contributed by atoms with van der Waals surface area (Å²) in [6.07, 6.45) is 0. The zero-order chi connectivity index (χ0) is 18.1. The predicted octanol–water partition coefficient (Wildman–Crippen LogP) is 2.80. The van der Waals surface area contributed by atoms with Crippen molar-refractivity contribution in [3.05, 3.63) is 47.2 Å². The van der Waals surface area contributed by atoms with Crippen molar-refractivity contribution in [2.24, 2.45) is 4.99 Å². The Labute approximate surface area is 171 Å². The van der Waals surface area contributed by atoms with E-state index in [2.05, 4.69) is 20.6 Å². The molecule has 0 amide bonds. The van der Waals surface area contributed by atoms with Gasteiger partial charge in [-0.15, -0.1) is 24.0 Å². The van der Waals surface area contributed by atoms with Crippen molar-refractivity contribution in [2.45, 2.75) is 27.0 Å². The van der Waals surface area contributed by atoms with Gasteiger partial charge in [-0.3, -0.25) is 4.99 Å². The smallest absolute Gasteiger partial charge is 0.214 e. The molecule has 0 bridgehead atoms. The zero-order valence-electron chi connectivity index (χ0n) is 15.7. The van der Waals surface area contributed by atoms with Crippen LogP contribution in [0.25, 0.3) is 0 Å². The Morgan fingerprint density at radius 1 is 1.23 bits per heavy atom. The number of guanidine groups is 1. The van der Waals surface area contributed by atoms with Crippen molar-refractivity contribution < 1.29 is 13.9 Å². The summed E-state index contributed by atoms with van der Waals surface area (Å²) in [5.74, 6) is 2.99. The maximum Gasteiger partial charge on any atom is 0.214 e. The summed E-state index contributed by atoms with van der Waals surface area (Å²) in [5, 5.41) is 6.35. The third-order valence-electron chi connectivity index (χ3n) is 3.69. The van der Waals surface area contributed by atoms with E-state index in [9.17, 15) is 0 Å². The van der Waals surface area contributed by atoms with Gasteiger partial charge in [-0.2, -0.15) is 0 Å². The minimum Gasteiger partial charge on any atom is -0.496 e. The van der Waals surface area contributed by atoms with Crippen molar-refractivity contribution in [3.63, 3.8) is 0 Å². The van der Waals surface area contributed by atoms with E-state index in [1.807, 2.05) is 38.1 Å². The summed E-state index contributed by atoms with van der Waals surface area (Å²) >= 11 is 0. The van der Waals surface area contributed by atoms with Crippen LogP contribution < -0.4 is 15.4 Å². The van der Waals surface area contributed by atoms with Crippen LogP contribution in [0.5, 0.6) is 5.75 Å². The van der Waals surface area contributed by atoms with Crippen LogP contribution in [-0.4, -0.2) is 38.3 Å². The molecule has 0 aliphatic heterocycles. The lowest BCUT2D eigenvalue weighted by Crippen LogP contribution is -2.38. The van der Waals surface area contributed by atoms with Gasteiger partial charge in [-0.25, -0.2) is 4.98 Å². The molecule has 2 N–H and O–H groups in total. The highest BCUT2D eigenvalue weighted by Crippen LogP contribution is 2.17. The Kier molecular flexibility index (Phi) is 10.0. The fraction of sp³-hybridized carbons (Fsp3) is 0.444. The lowest BCUT2D eigenvalue weighted by atomic mass is 10.2. The van der Waals surface area contributed by atoms with Crippen molar-refractivity contribution in [1.82, 2.24) is 15.6 Å². The molecule has 0 fully saturated rings. The van der Waals surface area contributed by atoms with Gasteiger partial charge in [-0.1, -0.05) is 18.2 Å². The number of rotatable bonds is 8. The lowest BCUT2D eigenvalue weighted by Gasteiger charge is -2.12. The molecule has 0 radical (unpaired) electrons. The van der Waals surface area contributed by atoms with Gasteiger partial charge < -0.3 is 24.5 Å². The van der Waals surface area contributed by atoms with Gasteiger partial charge in [0.25, 0.3) is 0 Å². The number of hydrogen-bond donors (Lipinski definition) is 2. The molecule has 0 aliphatic carbocycles. The number of nitrogens with zero attached hydrogens (tertiary/aromatic N) is 2. The SMILES string of the molecule is CN=C(NCCOCc1ccccc1OC)NCc1nc(C)c(C)o1.I. The monoisotopic (exact) mass is 474 g/mol. The number of halogens is 1. The maximum atomic E-state index is 5.68. The topological polar surface area (TPSA) is 80.9 Å².